The second-order valence-corrected chi connectivity index (χ2v) is 4.42. The van der Waals surface area contributed by atoms with Crippen LogP contribution < -0.4 is 0 Å². The van der Waals surface area contributed by atoms with Gasteiger partial charge in [-0.3, -0.25) is 0 Å². The minimum atomic E-state index is -4.53. The van der Waals surface area contributed by atoms with Crippen molar-refractivity contribution in [2.24, 2.45) is 0 Å². The van der Waals surface area contributed by atoms with E-state index in [2.05, 4.69) is 0 Å². The maximum Gasteiger partial charge on any atom is 0.392 e. The summed E-state index contributed by atoms with van der Waals surface area (Å²) in [5.41, 5.74) is 1.38. The molecule has 0 amide bonds. The van der Waals surface area contributed by atoms with Crippen molar-refractivity contribution in [3.63, 3.8) is 0 Å². The predicted octanol–water partition coefficient (Wildman–Crippen LogP) is 5.46. The Bertz CT molecular complexity index is 554. The molecule has 0 N–H and O–H groups in total. The van der Waals surface area contributed by atoms with Gasteiger partial charge in [0, 0.05) is 0 Å². The van der Waals surface area contributed by atoms with Gasteiger partial charge in [0.2, 0.25) is 0 Å². The molecule has 0 fully saturated rings. The summed E-state index contributed by atoms with van der Waals surface area (Å²) in [5, 5.41) is 0. The molecule has 5 heteroatoms. The topological polar surface area (TPSA) is 0 Å². The maximum absolute atomic E-state index is 13.4. The molecule has 1 atom stereocenters. The lowest BCUT2D eigenvalue weighted by Crippen LogP contribution is -2.11. The summed E-state index contributed by atoms with van der Waals surface area (Å²) in [4.78, 5) is 0. The molecule has 1 unspecified atom stereocenters. The van der Waals surface area contributed by atoms with E-state index in [1.165, 1.54) is 36.4 Å². The summed E-state index contributed by atoms with van der Waals surface area (Å²) < 4.78 is 62.5. The normalized spacial score (nSPS) is 13.2. The zero-order chi connectivity index (χ0) is 14.8. The SMILES string of the molecule is Fc1ccc(-c2ccc(C(F)CC(F)(F)F)cc2)cc1. The van der Waals surface area contributed by atoms with Gasteiger partial charge in [0.05, 0.1) is 6.42 Å². The molecule has 0 nitrogen and oxygen atoms in total. The summed E-state index contributed by atoms with van der Waals surface area (Å²) in [6.45, 7) is 0. The monoisotopic (exact) mass is 286 g/mol. The molecule has 20 heavy (non-hydrogen) atoms. The van der Waals surface area contributed by atoms with Crippen LogP contribution in [0.15, 0.2) is 48.5 Å². The Morgan fingerprint density at radius 3 is 1.70 bits per heavy atom. The van der Waals surface area contributed by atoms with Crippen LogP contribution in [-0.4, -0.2) is 6.18 Å². The molecule has 2 aromatic rings. The van der Waals surface area contributed by atoms with Crippen LogP contribution in [0.2, 0.25) is 0 Å². The van der Waals surface area contributed by atoms with E-state index in [1.807, 2.05) is 0 Å². The zero-order valence-electron chi connectivity index (χ0n) is 10.3. The van der Waals surface area contributed by atoms with Gasteiger partial charge >= 0.3 is 6.18 Å². The van der Waals surface area contributed by atoms with Crippen molar-refractivity contribution >= 4 is 0 Å². The highest BCUT2D eigenvalue weighted by Gasteiger charge is 2.32. The van der Waals surface area contributed by atoms with Crippen LogP contribution in [0, 0.1) is 5.82 Å². The van der Waals surface area contributed by atoms with Crippen LogP contribution in [0.5, 0.6) is 0 Å². The highest BCUT2D eigenvalue weighted by molar-refractivity contribution is 5.63. The lowest BCUT2D eigenvalue weighted by atomic mass is 10.0. The first-order valence-corrected chi connectivity index (χ1v) is 5.92. The third kappa shape index (κ3) is 3.79. The van der Waals surface area contributed by atoms with Crippen molar-refractivity contribution in [3.05, 3.63) is 59.9 Å². The highest BCUT2D eigenvalue weighted by Crippen LogP contribution is 2.33. The van der Waals surface area contributed by atoms with E-state index in [4.69, 9.17) is 0 Å². The van der Waals surface area contributed by atoms with Crippen LogP contribution >= 0.6 is 0 Å². The Morgan fingerprint density at radius 1 is 0.800 bits per heavy atom. The fourth-order valence-electron chi connectivity index (χ4n) is 1.85. The third-order valence-corrected chi connectivity index (χ3v) is 2.86. The van der Waals surface area contributed by atoms with Crippen LogP contribution in [0.4, 0.5) is 22.0 Å². The van der Waals surface area contributed by atoms with Crippen LogP contribution in [0.1, 0.15) is 18.2 Å². The highest BCUT2D eigenvalue weighted by atomic mass is 19.4. The van der Waals surface area contributed by atoms with Gasteiger partial charge in [-0.25, -0.2) is 8.78 Å². The Morgan fingerprint density at radius 2 is 1.25 bits per heavy atom. The van der Waals surface area contributed by atoms with E-state index in [0.29, 0.717) is 11.1 Å². The number of benzene rings is 2. The quantitative estimate of drug-likeness (QED) is 0.658. The molecule has 2 aromatic carbocycles. The van der Waals surface area contributed by atoms with Crippen LogP contribution in [-0.2, 0) is 0 Å². The van der Waals surface area contributed by atoms with Crippen molar-refractivity contribution < 1.29 is 22.0 Å². The number of halogens is 5. The largest absolute Gasteiger partial charge is 0.392 e. The second-order valence-electron chi connectivity index (χ2n) is 4.42. The molecule has 106 valence electrons. The van der Waals surface area contributed by atoms with Crippen LogP contribution in [0.25, 0.3) is 11.1 Å². The van der Waals surface area contributed by atoms with E-state index >= 15 is 0 Å². The Kier molecular flexibility index (Phi) is 4.06. The van der Waals surface area contributed by atoms with Gasteiger partial charge in [-0.05, 0) is 28.8 Å². The first-order valence-electron chi connectivity index (χ1n) is 5.92. The smallest absolute Gasteiger partial charge is 0.242 e. The van der Waals surface area contributed by atoms with E-state index in [9.17, 15) is 22.0 Å². The van der Waals surface area contributed by atoms with Gasteiger partial charge in [0.1, 0.15) is 12.0 Å². The molecule has 0 saturated heterocycles. The van der Waals surface area contributed by atoms with Gasteiger partial charge in [0.15, 0.2) is 0 Å². The average molecular weight is 286 g/mol. The predicted molar refractivity (Wildman–Crippen MR) is 66.4 cm³/mol. The molecule has 0 bridgehead atoms. The van der Waals surface area contributed by atoms with Crippen LogP contribution in [0.3, 0.4) is 0 Å². The van der Waals surface area contributed by atoms with Crippen molar-refractivity contribution in [2.45, 2.75) is 18.8 Å². The van der Waals surface area contributed by atoms with Crippen molar-refractivity contribution in [1.29, 1.82) is 0 Å². The molecular formula is C15H11F5. The van der Waals surface area contributed by atoms with Gasteiger partial charge < -0.3 is 0 Å². The number of rotatable bonds is 3. The standard InChI is InChI=1S/C15H11F5/c16-13-7-5-11(6-8-13)10-1-3-12(4-2-10)14(17)9-15(18,19)20/h1-8,14H,9H2. The molecule has 0 aromatic heterocycles. The Balaban J connectivity index is 2.16. The van der Waals surface area contributed by atoms with Gasteiger partial charge in [-0.15, -0.1) is 0 Å². The minimum Gasteiger partial charge on any atom is -0.242 e. The fraction of sp³-hybridized carbons (Fsp3) is 0.200. The first kappa shape index (κ1) is 14.5. The summed E-state index contributed by atoms with van der Waals surface area (Å²) in [6, 6.07) is 11.3. The van der Waals surface area contributed by atoms with Crippen molar-refractivity contribution in [3.8, 4) is 11.1 Å². The lowest BCUT2D eigenvalue weighted by Gasteiger charge is -2.12. The number of hydrogen-bond acceptors (Lipinski definition) is 0. The van der Waals surface area contributed by atoms with Gasteiger partial charge in [-0.2, -0.15) is 13.2 Å². The molecular weight excluding hydrogens is 275 g/mol. The van der Waals surface area contributed by atoms with Crippen molar-refractivity contribution in [1.82, 2.24) is 0 Å². The van der Waals surface area contributed by atoms with E-state index in [1.54, 1.807) is 12.1 Å². The lowest BCUT2D eigenvalue weighted by molar-refractivity contribution is -0.146. The summed E-state index contributed by atoms with van der Waals surface area (Å²) >= 11 is 0. The minimum absolute atomic E-state index is 0.0202. The summed E-state index contributed by atoms with van der Waals surface area (Å²) in [5.74, 6) is -0.376. The Hall–Kier alpha value is -1.91. The molecule has 0 aliphatic rings. The summed E-state index contributed by atoms with van der Waals surface area (Å²) in [7, 11) is 0. The molecule has 0 heterocycles. The number of hydrogen-bond donors (Lipinski definition) is 0. The molecule has 0 saturated carbocycles. The maximum atomic E-state index is 13.4. The van der Waals surface area contributed by atoms with E-state index in [0.717, 1.165) is 0 Å². The van der Waals surface area contributed by atoms with E-state index < -0.39 is 18.8 Å². The molecule has 0 spiro atoms. The Labute approximate surface area is 112 Å². The molecule has 2 rings (SSSR count). The fourth-order valence-corrected chi connectivity index (χ4v) is 1.85. The third-order valence-electron chi connectivity index (χ3n) is 2.86. The first-order chi connectivity index (χ1) is 9.35. The summed E-state index contributed by atoms with van der Waals surface area (Å²) in [6.07, 6.45) is -8.10. The molecule has 0 aliphatic carbocycles. The molecule has 0 radical (unpaired) electrons. The number of alkyl halides is 4. The van der Waals surface area contributed by atoms with Crippen molar-refractivity contribution in [2.75, 3.05) is 0 Å². The van der Waals surface area contributed by atoms with E-state index in [-0.39, 0.29) is 11.4 Å². The second kappa shape index (κ2) is 5.61. The molecule has 0 aliphatic heterocycles. The average Bonchev–Trinajstić information content (AvgIpc) is 2.38. The van der Waals surface area contributed by atoms with Gasteiger partial charge in [0.25, 0.3) is 0 Å². The van der Waals surface area contributed by atoms with Gasteiger partial charge in [-0.1, -0.05) is 36.4 Å². The zero-order valence-corrected chi connectivity index (χ0v) is 10.3.